The standard InChI is InChI=1S/C11H9Cl2FO2/c1-5-4-6(2)9(13)10(8(5)12)16-11(15)7(3)14/h4H,3H2,1-2H3. The molecule has 1 rings (SSSR count). The van der Waals surface area contributed by atoms with Crippen LogP contribution in [-0.2, 0) is 4.79 Å². The molecule has 0 amide bonds. The second-order valence-corrected chi connectivity index (χ2v) is 4.02. The molecule has 0 aromatic heterocycles. The van der Waals surface area contributed by atoms with Gasteiger partial charge in [-0.15, -0.1) is 0 Å². The van der Waals surface area contributed by atoms with Gasteiger partial charge in [-0.25, -0.2) is 4.79 Å². The smallest absolute Gasteiger partial charge is 0.372 e. The Bertz CT molecular complexity index is 443. The third-order valence-corrected chi connectivity index (χ3v) is 2.88. The van der Waals surface area contributed by atoms with E-state index in [1.807, 2.05) is 0 Å². The summed E-state index contributed by atoms with van der Waals surface area (Å²) in [6.07, 6.45) is 0. The fourth-order valence-corrected chi connectivity index (χ4v) is 1.57. The van der Waals surface area contributed by atoms with Crippen LogP contribution in [0.2, 0.25) is 10.0 Å². The first-order chi connectivity index (χ1) is 7.34. The zero-order chi connectivity index (χ0) is 12.5. The van der Waals surface area contributed by atoms with Crippen LogP contribution in [0.15, 0.2) is 18.5 Å². The lowest BCUT2D eigenvalue weighted by atomic mass is 10.1. The Morgan fingerprint density at radius 2 is 1.75 bits per heavy atom. The van der Waals surface area contributed by atoms with Crippen molar-refractivity contribution in [3.63, 3.8) is 0 Å². The van der Waals surface area contributed by atoms with Crippen molar-refractivity contribution in [3.8, 4) is 5.75 Å². The van der Waals surface area contributed by atoms with Gasteiger partial charge in [0.15, 0.2) is 5.75 Å². The number of hydrogen-bond acceptors (Lipinski definition) is 2. The molecule has 0 atom stereocenters. The summed E-state index contributed by atoms with van der Waals surface area (Å²) in [4.78, 5) is 11.0. The van der Waals surface area contributed by atoms with Gasteiger partial charge >= 0.3 is 5.97 Å². The van der Waals surface area contributed by atoms with Crippen molar-refractivity contribution >= 4 is 29.2 Å². The molecule has 0 aliphatic heterocycles. The van der Waals surface area contributed by atoms with Crippen LogP contribution in [-0.4, -0.2) is 5.97 Å². The molecule has 16 heavy (non-hydrogen) atoms. The molecule has 0 N–H and O–H groups in total. The topological polar surface area (TPSA) is 26.3 Å². The minimum atomic E-state index is -1.20. The van der Waals surface area contributed by atoms with Gasteiger partial charge in [-0.2, -0.15) is 4.39 Å². The van der Waals surface area contributed by atoms with E-state index in [2.05, 4.69) is 6.58 Å². The maximum Gasteiger partial charge on any atom is 0.372 e. The third-order valence-electron chi connectivity index (χ3n) is 1.94. The SMILES string of the molecule is C=C(F)C(=O)Oc1c(Cl)c(C)cc(C)c1Cl. The van der Waals surface area contributed by atoms with Crippen molar-refractivity contribution in [2.24, 2.45) is 0 Å². The van der Waals surface area contributed by atoms with Crippen LogP contribution >= 0.6 is 23.2 Å². The molecule has 0 saturated carbocycles. The predicted octanol–water partition coefficient (Wildman–Crippen LogP) is 4.00. The lowest BCUT2D eigenvalue weighted by Crippen LogP contribution is -2.09. The second-order valence-electron chi connectivity index (χ2n) is 3.26. The number of carbonyl (C=O) groups excluding carboxylic acids is 1. The Morgan fingerprint density at radius 3 is 2.12 bits per heavy atom. The molecule has 0 fully saturated rings. The quantitative estimate of drug-likeness (QED) is 0.458. The molecule has 0 bridgehead atoms. The lowest BCUT2D eigenvalue weighted by molar-refractivity contribution is -0.131. The van der Waals surface area contributed by atoms with Gasteiger partial charge in [-0.05, 0) is 25.0 Å². The highest BCUT2D eigenvalue weighted by Crippen LogP contribution is 2.38. The molecule has 0 aliphatic rings. The Hall–Kier alpha value is -1.06. The number of rotatable bonds is 2. The Kier molecular flexibility index (Phi) is 3.94. The highest BCUT2D eigenvalue weighted by Gasteiger charge is 2.18. The molecular formula is C11H9Cl2FO2. The number of halogens is 3. The van der Waals surface area contributed by atoms with Gasteiger partial charge in [-0.3, -0.25) is 0 Å². The maximum absolute atomic E-state index is 12.5. The van der Waals surface area contributed by atoms with Crippen LogP contribution in [0.5, 0.6) is 5.75 Å². The zero-order valence-electron chi connectivity index (χ0n) is 8.73. The highest BCUT2D eigenvalue weighted by molar-refractivity contribution is 6.38. The molecule has 0 aliphatic carbocycles. The average Bonchev–Trinajstić information content (AvgIpc) is 2.21. The van der Waals surface area contributed by atoms with Gasteiger partial charge in [0.2, 0.25) is 5.83 Å². The van der Waals surface area contributed by atoms with Crippen molar-refractivity contribution in [2.75, 3.05) is 0 Å². The highest BCUT2D eigenvalue weighted by atomic mass is 35.5. The van der Waals surface area contributed by atoms with Gasteiger partial charge in [0.05, 0.1) is 10.0 Å². The average molecular weight is 263 g/mol. The maximum atomic E-state index is 12.5. The second kappa shape index (κ2) is 4.85. The molecule has 5 heteroatoms. The molecule has 2 nitrogen and oxygen atoms in total. The molecule has 0 saturated heterocycles. The predicted molar refractivity (Wildman–Crippen MR) is 61.8 cm³/mol. The van der Waals surface area contributed by atoms with Gasteiger partial charge in [0.25, 0.3) is 0 Å². The van der Waals surface area contributed by atoms with Crippen LogP contribution in [0.1, 0.15) is 11.1 Å². The van der Waals surface area contributed by atoms with E-state index >= 15 is 0 Å². The summed E-state index contributed by atoms with van der Waals surface area (Å²) in [5.74, 6) is -2.44. The lowest BCUT2D eigenvalue weighted by Gasteiger charge is -2.11. The number of hydrogen-bond donors (Lipinski definition) is 0. The Balaban J connectivity index is 3.22. The summed E-state index contributed by atoms with van der Waals surface area (Å²) in [6, 6.07) is 1.74. The summed E-state index contributed by atoms with van der Waals surface area (Å²) in [5.41, 5.74) is 1.38. The van der Waals surface area contributed by atoms with Crippen LogP contribution in [0.25, 0.3) is 0 Å². The molecule has 0 unspecified atom stereocenters. The first-order valence-corrected chi connectivity index (χ1v) is 5.12. The largest absolute Gasteiger partial charge is 0.418 e. The minimum Gasteiger partial charge on any atom is -0.418 e. The molecule has 0 heterocycles. The molecule has 1 aromatic carbocycles. The number of esters is 1. The summed E-state index contributed by atoms with van der Waals surface area (Å²) in [6.45, 7) is 6.29. The summed E-state index contributed by atoms with van der Waals surface area (Å²) in [5, 5.41) is 0.371. The summed E-state index contributed by atoms with van der Waals surface area (Å²) < 4.78 is 17.2. The summed E-state index contributed by atoms with van der Waals surface area (Å²) >= 11 is 11.8. The van der Waals surface area contributed by atoms with Crippen LogP contribution in [0.3, 0.4) is 0 Å². The number of ether oxygens (including phenoxy) is 1. The van der Waals surface area contributed by atoms with E-state index in [1.165, 1.54) is 0 Å². The van der Waals surface area contributed by atoms with E-state index in [4.69, 9.17) is 27.9 Å². The molecule has 1 aromatic rings. The van der Waals surface area contributed by atoms with E-state index < -0.39 is 11.8 Å². The third kappa shape index (κ3) is 2.54. The van der Waals surface area contributed by atoms with E-state index in [1.54, 1.807) is 19.9 Å². The first kappa shape index (κ1) is 13.0. The van der Waals surface area contributed by atoms with Gasteiger partial charge in [0.1, 0.15) is 0 Å². The van der Waals surface area contributed by atoms with E-state index in [-0.39, 0.29) is 15.8 Å². The van der Waals surface area contributed by atoms with Crippen molar-refractivity contribution < 1.29 is 13.9 Å². The van der Waals surface area contributed by atoms with Crippen LogP contribution in [0, 0.1) is 13.8 Å². The van der Waals surface area contributed by atoms with E-state index in [0.717, 1.165) is 0 Å². The van der Waals surface area contributed by atoms with Gasteiger partial charge < -0.3 is 4.74 Å². The Labute approximate surface area is 103 Å². The minimum absolute atomic E-state index is 0.0374. The first-order valence-electron chi connectivity index (χ1n) is 4.36. The summed E-state index contributed by atoms with van der Waals surface area (Å²) in [7, 11) is 0. The van der Waals surface area contributed by atoms with Crippen LogP contribution in [0.4, 0.5) is 4.39 Å². The van der Waals surface area contributed by atoms with Gasteiger partial charge in [-0.1, -0.05) is 35.8 Å². The number of aryl methyl sites for hydroxylation is 2. The fourth-order valence-electron chi connectivity index (χ4n) is 1.14. The van der Waals surface area contributed by atoms with Crippen LogP contribution < -0.4 is 4.74 Å². The number of benzene rings is 1. The molecule has 0 radical (unpaired) electrons. The van der Waals surface area contributed by atoms with Crippen molar-refractivity contribution in [3.05, 3.63) is 39.6 Å². The van der Waals surface area contributed by atoms with Crippen molar-refractivity contribution in [2.45, 2.75) is 13.8 Å². The molecular weight excluding hydrogens is 254 g/mol. The van der Waals surface area contributed by atoms with Gasteiger partial charge in [0, 0.05) is 0 Å². The normalized spacial score (nSPS) is 10.1. The fraction of sp³-hybridized carbons (Fsp3) is 0.182. The molecule has 86 valence electrons. The zero-order valence-corrected chi connectivity index (χ0v) is 10.2. The number of carbonyl (C=O) groups is 1. The van der Waals surface area contributed by atoms with Crippen molar-refractivity contribution in [1.29, 1.82) is 0 Å². The van der Waals surface area contributed by atoms with Crippen molar-refractivity contribution in [1.82, 2.24) is 0 Å². The van der Waals surface area contributed by atoms with E-state index in [0.29, 0.717) is 11.1 Å². The molecule has 0 spiro atoms. The monoisotopic (exact) mass is 262 g/mol. The van der Waals surface area contributed by atoms with E-state index in [9.17, 15) is 9.18 Å². The Morgan fingerprint density at radius 1 is 1.31 bits per heavy atom.